The molecule has 0 aliphatic carbocycles. The third-order valence-corrected chi connectivity index (χ3v) is 8.15. The van der Waals surface area contributed by atoms with Crippen molar-refractivity contribution in [1.29, 1.82) is 0 Å². The number of hydrogen-bond acceptors (Lipinski definition) is 7. The number of nitrogens with zero attached hydrogens (tertiary/aromatic N) is 2. The summed E-state index contributed by atoms with van der Waals surface area (Å²) in [6, 6.07) is 18.5. The van der Waals surface area contributed by atoms with Gasteiger partial charge < -0.3 is 34.6 Å². The number of halogens is 2. The van der Waals surface area contributed by atoms with Gasteiger partial charge in [0.2, 0.25) is 0 Å². The lowest BCUT2D eigenvalue weighted by atomic mass is 9.89. The van der Waals surface area contributed by atoms with Crippen molar-refractivity contribution in [2.75, 3.05) is 39.4 Å². The molecule has 3 N–H and O–H groups in total. The monoisotopic (exact) mass is 644 g/mol. The summed E-state index contributed by atoms with van der Waals surface area (Å²) in [4.78, 5) is 36.2. The maximum absolute atomic E-state index is 11.6. The number of carbonyl (C=O) groups excluding carboxylic acids is 1. The molecule has 44 heavy (non-hydrogen) atoms. The van der Waals surface area contributed by atoms with E-state index >= 15 is 0 Å². The van der Waals surface area contributed by atoms with Gasteiger partial charge in [-0.05, 0) is 91.5 Å². The molecule has 2 heterocycles. The van der Waals surface area contributed by atoms with Gasteiger partial charge in [-0.3, -0.25) is 0 Å². The summed E-state index contributed by atoms with van der Waals surface area (Å²) in [5, 5.41) is 28.6. The zero-order valence-corrected chi connectivity index (χ0v) is 25.4. The molecule has 12 heteroatoms. The number of cyclic esters (lactones) is 1. The van der Waals surface area contributed by atoms with E-state index in [9.17, 15) is 19.5 Å². The van der Waals surface area contributed by atoms with Crippen LogP contribution in [-0.4, -0.2) is 88.6 Å². The summed E-state index contributed by atoms with van der Waals surface area (Å²) in [5.74, 6) is -0.976. The number of aromatic carboxylic acids is 2. The summed E-state index contributed by atoms with van der Waals surface area (Å²) in [6.45, 7) is 4.17. The number of likely N-dealkylation sites (tertiary alicyclic amines) is 1. The Bertz CT molecular complexity index is 1410. The highest BCUT2D eigenvalue weighted by atomic mass is 35.5. The van der Waals surface area contributed by atoms with Crippen molar-refractivity contribution in [1.82, 2.24) is 9.80 Å². The highest BCUT2D eigenvalue weighted by Crippen LogP contribution is 2.32. The molecular weight excluding hydrogens is 611 g/mol. The standard InChI is InChI=1S/C24H28Cl2N2O4.C8H6O4/c25-22-5-4-19(13-23(22)26)18-6-8-27(9-7-18)15-20(29)16-32-21-3-1-2-17(12-21)14-28-10-11-31-24(28)30;9-7(10)5-1-2-6(4-3-5)8(11)12/h1-5,12-13,18,20,29H,6-11,14-16H2;1-4H,(H,9,10)(H,11,12)/t20-;/m0./s1. The molecule has 2 saturated heterocycles. The molecule has 10 nitrogen and oxygen atoms in total. The molecule has 0 bridgehead atoms. The molecule has 0 spiro atoms. The number of aliphatic hydroxyl groups is 1. The lowest BCUT2D eigenvalue weighted by Gasteiger charge is -2.33. The lowest BCUT2D eigenvalue weighted by Crippen LogP contribution is -2.40. The van der Waals surface area contributed by atoms with Crippen LogP contribution in [0.25, 0.3) is 0 Å². The first kappa shape index (κ1) is 33.1. The minimum atomic E-state index is -1.06. The van der Waals surface area contributed by atoms with Gasteiger partial charge in [-0.25, -0.2) is 14.4 Å². The predicted octanol–water partition coefficient (Wildman–Crippen LogP) is 5.65. The summed E-state index contributed by atoms with van der Waals surface area (Å²) in [6.07, 6.45) is 1.18. The van der Waals surface area contributed by atoms with Crippen molar-refractivity contribution in [2.45, 2.75) is 31.4 Å². The van der Waals surface area contributed by atoms with Crippen molar-refractivity contribution in [3.05, 3.63) is 99.0 Å². The molecule has 0 radical (unpaired) electrons. The average molecular weight is 646 g/mol. The second-order valence-corrected chi connectivity index (χ2v) is 11.4. The molecular formula is C32H34Cl2N2O8. The molecule has 1 amide bonds. The van der Waals surface area contributed by atoms with E-state index in [1.807, 2.05) is 36.4 Å². The van der Waals surface area contributed by atoms with Crippen LogP contribution < -0.4 is 4.74 Å². The number of carboxylic acids is 2. The van der Waals surface area contributed by atoms with E-state index in [-0.39, 0.29) is 23.8 Å². The topological polar surface area (TPSA) is 137 Å². The van der Waals surface area contributed by atoms with Gasteiger partial charge in [-0.1, -0.05) is 41.4 Å². The molecule has 2 fully saturated rings. The van der Waals surface area contributed by atoms with Gasteiger partial charge in [-0.2, -0.15) is 0 Å². The molecule has 3 aromatic carbocycles. The minimum Gasteiger partial charge on any atom is -0.491 e. The van der Waals surface area contributed by atoms with E-state index in [2.05, 4.69) is 11.0 Å². The van der Waals surface area contributed by atoms with Crippen LogP contribution in [0.2, 0.25) is 10.0 Å². The largest absolute Gasteiger partial charge is 0.491 e. The van der Waals surface area contributed by atoms with Crippen molar-refractivity contribution in [3.8, 4) is 5.75 Å². The summed E-state index contributed by atoms with van der Waals surface area (Å²) in [5.41, 5.74) is 2.37. The van der Waals surface area contributed by atoms with Crippen molar-refractivity contribution < 1.29 is 39.2 Å². The SMILES string of the molecule is O=C(O)c1ccc(C(=O)O)cc1.O=C1OCCN1Cc1cccc(OC[C@@H](O)CN2CCC(c3ccc(Cl)c(Cl)c3)CC2)c1. The molecule has 0 unspecified atom stereocenters. The van der Waals surface area contributed by atoms with Crippen LogP contribution in [-0.2, 0) is 11.3 Å². The molecule has 5 rings (SSSR count). The van der Waals surface area contributed by atoms with Gasteiger partial charge in [-0.15, -0.1) is 0 Å². The smallest absolute Gasteiger partial charge is 0.410 e. The number of rotatable bonds is 10. The molecule has 2 aliphatic rings. The van der Waals surface area contributed by atoms with Crippen molar-refractivity contribution in [2.24, 2.45) is 0 Å². The Balaban J connectivity index is 0.000000309. The minimum absolute atomic E-state index is 0.0833. The number of hydrogen-bond donors (Lipinski definition) is 3. The fourth-order valence-corrected chi connectivity index (χ4v) is 5.34. The van der Waals surface area contributed by atoms with Gasteiger partial charge in [0.15, 0.2) is 0 Å². The molecule has 3 aromatic rings. The summed E-state index contributed by atoms with van der Waals surface area (Å²) >= 11 is 12.2. The van der Waals surface area contributed by atoms with Crippen molar-refractivity contribution in [3.63, 3.8) is 0 Å². The summed E-state index contributed by atoms with van der Waals surface area (Å²) in [7, 11) is 0. The fourth-order valence-electron chi connectivity index (χ4n) is 5.04. The lowest BCUT2D eigenvalue weighted by molar-refractivity contribution is 0.0594. The van der Waals surface area contributed by atoms with Crippen LogP contribution in [0.3, 0.4) is 0 Å². The van der Waals surface area contributed by atoms with E-state index in [4.69, 9.17) is 42.9 Å². The Morgan fingerprint density at radius 1 is 0.909 bits per heavy atom. The quantitative estimate of drug-likeness (QED) is 0.256. The normalized spacial score (nSPS) is 16.1. The maximum Gasteiger partial charge on any atom is 0.410 e. The molecule has 234 valence electrons. The van der Waals surface area contributed by atoms with Crippen molar-refractivity contribution >= 4 is 41.2 Å². The van der Waals surface area contributed by atoms with Gasteiger partial charge in [0, 0.05) is 13.1 Å². The fraction of sp³-hybridized carbons (Fsp3) is 0.344. The number of aliphatic hydroxyl groups excluding tert-OH is 1. The molecule has 1 atom stereocenters. The zero-order valence-electron chi connectivity index (χ0n) is 23.9. The van der Waals surface area contributed by atoms with E-state index in [0.717, 1.165) is 31.5 Å². The third-order valence-electron chi connectivity index (χ3n) is 7.41. The molecule has 0 saturated carbocycles. The third kappa shape index (κ3) is 9.59. The second-order valence-electron chi connectivity index (χ2n) is 10.6. The number of carbonyl (C=O) groups is 3. The Morgan fingerprint density at radius 2 is 1.57 bits per heavy atom. The first-order valence-corrected chi connectivity index (χ1v) is 14.9. The van der Waals surface area contributed by atoms with Crippen LogP contribution in [0.5, 0.6) is 5.75 Å². The van der Waals surface area contributed by atoms with Gasteiger partial charge in [0.25, 0.3) is 0 Å². The number of amides is 1. The highest BCUT2D eigenvalue weighted by Gasteiger charge is 2.24. The number of carboxylic acid groups (broad SMARTS) is 2. The van der Waals surface area contributed by atoms with Gasteiger partial charge in [0.05, 0.1) is 27.7 Å². The molecule has 2 aliphatic heterocycles. The highest BCUT2D eigenvalue weighted by molar-refractivity contribution is 6.42. The van der Waals surface area contributed by atoms with Crippen LogP contribution in [0.15, 0.2) is 66.7 Å². The number of piperidine rings is 1. The Morgan fingerprint density at radius 3 is 2.14 bits per heavy atom. The summed E-state index contributed by atoms with van der Waals surface area (Å²) < 4.78 is 10.8. The first-order valence-electron chi connectivity index (χ1n) is 14.1. The van der Waals surface area contributed by atoms with Crippen LogP contribution in [0.4, 0.5) is 4.79 Å². The Labute approximate surface area is 265 Å². The second kappa shape index (κ2) is 15.8. The van der Waals surface area contributed by atoms with E-state index in [0.29, 0.717) is 48.0 Å². The Hall–Kier alpha value is -3.83. The van der Waals surface area contributed by atoms with Crippen LogP contribution in [0, 0.1) is 0 Å². The zero-order chi connectivity index (χ0) is 31.6. The number of β-amino-alcohol motifs (C(OH)–C–C–N with tert-alkyl or cyclic N) is 1. The van der Waals surface area contributed by atoms with E-state index in [1.165, 1.54) is 29.8 Å². The van der Waals surface area contributed by atoms with Gasteiger partial charge in [0.1, 0.15) is 25.1 Å². The molecule has 0 aromatic heterocycles. The number of ether oxygens (including phenoxy) is 2. The van der Waals surface area contributed by atoms with E-state index < -0.39 is 18.0 Å². The first-order chi connectivity index (χ1) is 21.1. The Kier molecular flexibility index (Phi) is 11.8. The predicted molar refractivity (Wildman–Crippen MR) is 165 cm³/mol. The van der Waals surface area contributed by atoms with E-state index in [1.54, 1.807) is 4.90 Å². The maximum atomic E-state index is 11.6. The van der Waals surface area contributed by atoms with Crippen LogP contribution >= 0.6 is 23.2 Å². The van der Waals surface area contributed by atoms with Crippen LogP contribution in [0.1, 0.15) is 50.6 Å². The number of benzene rings is 3. The van der Waals surface area contributed by atoms with Gasteiger partial charge >= 0.3 is 18.0 Å². The average Bonchev–Trinajstić information content (AvgIpc) is 3.42.